The number of anilines is 1. The van der Waals surface area contributed by atoms with Gasteiger partial charge in [-0.2, -0.15) is 0 Å². The van der Waals surface area contributed by atoms with Gasteiger partial charge in [-0.15, -0.1) is 0 Å². The quantitative estimate of drug-likeness (QED) is 0.671. The van der Waals surface area contributed by atoms with Gasteiger partial charge in [0, 0.05) is 24.1 Å². The molecular formula is C11H9NO3. The fourth-order valence-electron chi connectivity index (χ4n) is 0.966. The third-order valence-corrected chi connectivity index (χ3v) is 1.52. The molecule has 76 valence electrons. The van der Waals surface area contributed by atoms with Crippen LogP contribution in [-0.2, 0) is 9.59 Å². The van der Waals surface area contributed by atoms with Crippen molar-refractivity contribution in [1.82, 2.24) is 0 Å². The Morgan fingerprint density at radius 3 is 2.33 bits per heavy atom. The summed E-state index contributed by atoms with van der Waals surface area (Å²) in [6, 6.07) is 6.60. The van der Waals surface area contributed by atoms with E-state index in [1.807, 2.05) is 5.92 Å². The van der Waals surface area contributed by atoms with E-state index in [-0.39, 0.29) is 5.91 Å². The van der Waals surface area contributed by atoms with Crippen molar-refractivity contribution in [3.8, 4) is 11.8 Å². The summed E-state index contributed by atoms with van der Waals surface area (Å²) in [5.41, 5.74) is 1.25. The summed E-state index contributed by atoms with van der Waals surface area (Å²) >= 11 is 0. The Morgan fingerprint density at radius 2 is 1.87 bits per heavy atom. The molecular weight excluding hydrogens is 194 g/mol. The molecule has 0 bridgehead atoms. The van der Waals surface area contributed by atoms with Crippen LogP contribution in [0.2, 0.25) is 0 Å². The molecule has 0 spiro atoms. The van der Waals surface area contributed by atoms with E-state index in [4.69, 9.17) is 5.11 Å². The van der Waals surface area contributed by atoms with Crippen LogP contribution in [0.4, 0.5) is 5.69 Å². The Kier molecular flexibility index (Phi) is 3.47. The minimum absolute atomic E-state index is 0.153. The van der Waals surface area contributed by atoms with E-state index in [1.165, 1.54) is 6.92 Å². The van der Waals surface area contributed by atoms with E-state index in [2.05, 4.69) is 11.2 Å². The van der Waals surface area contributed by atoms with E-state index < -0.39 is 5.97 Å². The van der Waals surface area contributed by atoms with Gasteiger partial charge in [-0.05, 0) is 24.3 Å². The minimum atomic E-state index is -1.17. The van der Waals surface area contributed by atoms with Crippen molar-refractivity contribution in [2.45, 2.75) is 6.92 Å². The number of rotatable bonds is 1. The number of amides is 1. The van der Waals surface area contributed by atoms with Crippen molar-refractivity contribution < 1.29 is 14.7 Å². The molecule has 0 aliphatic rings. The van der Waals surface area contributed by atoms with Crippen LogP contribution in [0.15, 0.2) is 24.3 Å². The Balaban J connectivity index is 2.78. The number of hydrogen-bond acceptors (Lipinski definition) is 2. The third-order valence-electron chi connectivity index (χ3n) is 1.52. The summed E-state index contributed by atoms with van der Waals surface area (Å²) in [4.78, 5) is 20.9. The van der Waals surface area contributed by atoms with Gasteiger partial charge in [-0.3, -0.25) is 4.79 Å². The van der Waals surface area contributed by atoms with Crippen LogP contribution in [-0.4, -0.2) is 17.0 Å². The summed E-state index contributed by atoms with van der Waals surface area (Å²) in [7, 11) is 0. The van der Waals surface area contributed by atoms with E-state index >= 15 is 0 Å². The van der Waals surface area contributed by atoms with E-state index in [0.29, 0.717) is 11.3 Å². The lowest BCUT2D eigenvalue weighted by atomic mass is 10.2. The first-order valence-corrected chi connectivity index (χ1v) is 4.20. The molecule has 0 saturated carbocycles. The number of nitrogens with one attached hydrogen (secondary N) is 1. The Morgan fingerprint density at radius 1 is 1.27 bits per heavy atom. The molecule has 0 unspecified atom stereocenters. The van der Waals surface area contributed by atoms with Crippen LogP contribution in [0.3, 0.4) is 0 Å². The summed E-state index contributed by atoms with van der Waals surface area (Å²) < 4.78 is 0. The fourth-order valence-corrected chi connectivity index (χ4v) is 0.966. The molecule has 0 heterocycles. The van der Waals surface area contributed by atoms with Crippen molar-refractivity contribution in [1.29, 1.82) is 0 Å². The molecule has 0 saturated heterocycles. The normalized spacial score (nSPS) is 8.60. The molecule has 15 heavy (non-hydrogen) atoms. The Labute approximate surface area is 86.9 Å². The number of carbonyl (C=O) groups excluding carboxylic acids is 1. The first-order chi connectivity index (χ1) is 7.08. The average molecular weight is 203 g/mol. The summed E-state index contributed by atoms with van der Waals surface area (Å²) in [5, 5.41) is 10.9. The van der Waals surface area contributed by atoms with Gasteiger partial charge in [0.05, 0.1) is 0 Å². The zero-order valence-corrected chi connectivity index (χ0v) is 8.07. The van der Waals surface area contributed by atoms with E-state index in [0.717, 1.165) is 0 Å². The molecule has 0 aromatic heterocycles. The van der Waals surface area contributed by atoms with Crippen molar-refractivity contribution in [3.05, 3.63) is 29.8 Å². The number of benzene rings is 1. The molecule has 1 amide bonds. The van der Waals surface area contributed by atoms with Crippen LogP contribution in [0, 0.1) is 11.8 Å². The highest BCUT2D eigenvalue weighted by atomic mass is 16.4. The maximum absolute atomic E-state index is 10.7. The second-order valence-electron chi connectivity index (χ2n) is 2.81. The second-order valence-corrected chi connectivity index (χ2v) is 2.81. The van der Waals surface area contributed by atoms with Crippen LogP contribution >= 0.6 is 0 Å². The standard InChI is InChI=1S/C11H9NO3/c1-8(13)12-10-5-2-9(3-6-10)4-7-11(14)15/h2-3,5-6H,1H3,(H,12,13)(H,14,15). The Bertz CT molecular complexity index is 437. The lowest BCUT2D eigenvalue weighted by Crippen LogP contribution is -2.05. The molecule has 4 heteroatoms. The third kappa shape index (κ3) is 3.96. The van der Waals surface area contributed by atoms with Gasteiger partial charge in [0.25, 0.3) is 0 Å². The Hall–Kier alpha value is -2.28. The van der Waals surface area contributed by atoms with Crippen LogP contribution in [0.25, 0.3) is 0 Å². The largest absolute Gasteiger partial charge is 0.472 e. The smallest absolute Gasteiger partial charge is 0.382 e. The van der Waals surface area contributed by atoms with E-state index in [1.54, 1.807) is 24.3 Å². The second kappa shape index (κ2) is 4.82. The lowest BCUT2D eigenvalue weighted by molar-refractivity contribution is -0.130. The van der Waals surface area contributed by atoms with Crippen molar-refractivity contribution in [2.24, 2.45) is 0 Å². The molecule has 1 aromatic rings. The number of hydrogen-bond donors (Lipinski definition) is 2. The van der Waals surface area contributed by atoms with Crippen LogP contribution < -0.4 is 5.32 Å². The van der Waals surface area contributed by atoms with Crippen molar-refractivity contribution >= 4 is 17.6 Å². The molecule has 0 radical (unpaired) electrons. The first kappa shape index (κ1) is 10.8. The molecule has 0 aliphatic carbocycles. The number of carbonyl (C=O) groups is 2. The minimum Gasteiger partial charge on any atom is -0.472 e. The van der Waals surface area contributed by atoms with Gasteiger partial charge in [-0.25, -0.2) is 4.79 Å². The van der Waals surface area contributed by atoms with E-state index in [9.17, 15) is 9.59 Å². The highest BCUT2D eigenvalue weighted by Crippen LogP contribution is 2.08. The molecule has 0 aliphatic heterocycles. The predicted molar refractivity (Wildman–Crippen MR) is 55.3 cm³/mol. The lowest BCUT2D eigenvalue weighted by Gasteiger charge is -2.00. The van der Waals surface area contributed by atoms with Gasteiger partial charge in [0.1, 0.15) is 0 Å². The van der Waals surface area contributed by atoms with Crippen LogP contribution in [0.1, 0.15) is 12.5 Å². The van der Waals surface area contributed by atoms with Gasteiger partial charge in [-0.1, -0.05) is 5.92 Å². The topological polar surface area (TPSA) is 66.4 Å². The molecule has 1 aromatic carbocycles. The highest BCUT2D eigenvalue weighted by molar-refractivity contribution is 5.89. The first-order valence-electron chi connectivity index (χ1n) is 4.20. The van der Waals surface area contributed by atoms with Gasteiger partial charge in [0.15, 0.2) is 0 Å². The predicted octanol–water partition coefficient (Wildman–Crippen LogP) is 1.08. The van der Waals surface area contributed by atoms with Crippen molar-refractivity contribution in [2.75, 3.05) is 5.32 Å². The molecule has 1 rings (SSSR count). The monoisotopic (exact) mass is 203 g/mol. The molecule has 4 nitrogen and oxygen atoms in total. The van der Waals surface area contributed by atoms with Gasteiger partial charge < -0.3 is 10.4 Å². The molecule has 0 atom stereocenters. The average Bonchev–Trinajstić information content (AvgIpc) is 2.16. The fraction of sp³-hybridized carbons (Fsp3) is 0.0909. The maximum Gasteiger partial charge on any atom is 0.382 e. The zero-order valence-electron chi connectivity index (χ0n) is 8.07. The van der Waals surface area contributed by atoms with Gasteiger partial charge in [0.2, 0.25) is 5.91 Å². The van der Waals surface area contributed by atoms with Crippen LogP contribution in [0.5, 0.6) is 0 Å². The summed E-state index contributed by atoms with van der Waals surface area (Å²) in [5.74, 6) is 3.14. The number of carboxylic acids is 1. The van der Waals surface area contributed by atoms with Gasteiger partial charge >= 0.3 is 5.97 Å². The summed E-state index contributed by atoms with van der Waals surface area (Å²) in [6.07, 6.45) is 0. The zero-order chi connectivity index (χ0) is 11.3. The highest BCUT2D eigenvalue weighted by Gasteiger charge is 1.94. The SMILES string of the molecule is CC(=O)Nc1ccc(C#CC(=O)O)cc1. The molecule has 0 fully saturated rings. The number of carboxylic acid groups (broad SMARTS) is 1. The van der Waals surface area contributed by atoms with Crippen molar-refractivity contribution in [3.63, 3.8) is 0 Å². The number of aliphatic carboxylic acids is 1. The molecule has 2 N–H and O–H groups in total. The maximum atomic E-state index is 10.7. The summed E-state index contributed by atoms with van der Waals surface area (Å²) in [6.45, 7) is 1.41.